The van der Waals surface area contributed by atoms with Gasteiger partial charge in [0.2, 0.25) is 23.6 Å². The molecule has 166 valence electrons. The number of nitrogens with one attached hydrogen (secondary N) is 3. The fourth-order valence-electron chi connectivity index (χ4n) is 3.29. The number of amides is 4. The molecule has 1 saturated carbocycles. The van der Waals surface area contributed by atoms with Crippen LogP contribution in [0.4, 0.5) is 0 Å². The van der Waals surface area contributed by atoms with E-state index in [2.05, 4.69) is 16.0 Å². The molecule has 0 spiro atoms. The zero-order valence-corrected chi connectivity index (χ0v) is 18.0. The smallest absolute Gasteiger partial charge is 0.243 e. The van der Waals surface area contributed by atoms with Crippen LogP contribution in [0.2, 0.25) is 0 Å². The molecule has 4 N–H and O–H groups in total. The number of aliphatic hydroxyl groups excluding tert-OH is 1. The van der Waals surface area contributed by atoms with Crippen LogP contribution < -0.4 is 16.0 Å². The topological polar surface area (TPSA) is 128 Å². The second-order valence-corrected chi connectivity index (χ2v) is 8.25. The highest BCUT2D eigenvalue weighted by Crippen LogP contribution is 2.30. The van der Waals surface area contributed by atoms with Crippen LogP contribution in [0.1, 0.15) is 59.8 Å². The Morgan fingerprint density at radius 2 is 1.79 bits per heavy atom. The van der Waals surface area contributed by atoms with Gasteiger partial charge in [0, 0.05) is 13.5 Å². The van der Waals surface area contributed by atoms with E-state index in [9.17, 15) is 24.3 Å². The van der Waals surface area contributed by atoms with Crippen LogP contribution in [0, 0.1) is 5.92 Å². The largest absolute Gasteiger partial charge is 0.394 e. The summed E-state index contributed by atoms with van der Waals surface area (Å²) in [5, 5.41) is 17.4. The Labute approximate surface area is 173 Å². The normalized spacial score (nSPS) is 15.8. The van der Waals surface area contributed by atoms with Gasteiger partial charge in [-0.15, -0.1) is 0 Å². The predicted molar refractivity (Wildman–Crippen MR) is 109 cm³/mol. The van der Waals surface area contributed by atoms with Gasteiger partial charge >= 0.3 is 0 Å². The zero-order valence-electron chi connectivity index (χ0n) is 18.0. The summed E-state index contributed by atoms with van der Waals surface area (Å²) in [6.07, 6.45) is 3.53. The number of nitrogens with zero attached hydrogens (tertiary/aromatic N) is 1. The Bertz CT molecular complexity index is 584. The van der Waals surface area contributed by atoms with Crippen molar-refractivity contribution in [3.63, 3.8) is 0 Å². The Hall–Kier alpha value is -2.16. The van der Waals surface area contributed by atoms with Crippen molar-refractivity contribution in [2.75, 3.05) is 26.2 Å². The summed E-state index contributed by atoms with van der Waals surface area (Å²) in [7, 11) is 0. The van der Waals surface area contributed by atoms with Crippen molar-refractivity contribution in [2.45, 2.75) is 71.4 Å². The number of hydrogen-bond donors (Lipinski definition) is 4. The fraction of sp³-hybridized carbons (Fsp3) is 0.800. The lowest BCUT2D eigenvalue weighted by Crippen LogP contribution is -2.58. The van der Waals surface area contributed by atoms with Crippen molar-refractivity contribution in [3.05, 3.63) is 0 Å². The number of hydrogen-bond acceptors (Lipinski definition) is 5. The Kier molecular flexibility index (Phi) is 10.1. The minimum absolute atomic E-state index is 0.107. The number of carbonyl (C=O) groups excluding carboxylic acids is 4. The first-order valence-electron chi connectivity index (χ1n) is 10.4. The van der Waals surface area contributed by atoms with Gasteiger partial charge in [0.15, 0.2) is 0 Å². The van der Waals surface area contributed by atoms with E-state index < -0.39 is 23.4 Å². The molecule has 1 aliphatic rings. The molecular formula is C20H36N4O5. The lowest BCUT2D eigenvalue weighted by molar-refractivity contribution is -0.136. The Balaban J connectivity index is 2.59. The first-order valence-corrected chi connectivity index (χ1v) is 10.4. The molecule has 0 aliphatic heterocycles. The van der Waals surface area contributed by atoms with Gasteiger partial charge in [-0.05, 0) is 38.0 Å². The van der Waals surface area contributed by atoms with E-state index in [0.717, 1.165) is 25.7 Å². The van der Waals surface area contributed by atoms with Gasteiger partial charge in [-0.3, -0.25) is 19.2 Å². The number of carbonyl (C=O) groups is 4. The zero-order chi connectivity index (χ0) is 22.0. The highest BCUT2D eigenvalue weighted by molar-refractivity contribution is 5.92. The second-order valence-electron chi connectivity index (χ2n) is 8.25. The van der Waals surface area contributed by atoms with Crippen molar-refractivity contribution in [1.29, 1.82) is 0 Å². The van der Waals surface area contributed by atoms with Gasteiger partial charge in [-0.2, -0.15) is 0 Å². The fourth-order valence-corrected chi connectivity index (χ4v) is 3.29. The van der Waals surface area contributed by atoms with E-state index in [1.54, 1.807) is 0 Å². The molecule has 1 rings (SSSR count). The number of rotatable bonds is 12. The summed E-state index contributed by atoms with van der Waals surface area (Å²) in [6.45, 7) is 7.20. The van der Waals surface area contributed by atoms with Crippen molar-refractivity contribution in [1.82, 2.24) is 20.9 Å². The first-order chi connectivity index (χ1) is 13.6. The molecule has 29 heavy (non-hydrogen) atoms. The van der Waals surface area contributed by atoms with Crippen molar-refractivity contribution < 1.29 is 24.3 Å². The third-order valence-corrected chi connectivity index (χ3v) is 5.07. The van der Waals surface area contributed by atoms with E-state index in [0.29, 0.717) is 13.0 Å². The van der Waals surface area contributed by atoms with E-state index in [-0.39, 0.29) is 37.4 Å². The van der Waals surface area contributed by atoms with Gasteiger partial charge in [0.1, 0.15) is 6.04 Å². The van der Waals surface area contributed by atoms with Gasteiger partial charge in [-0.1, -0.05) is 20.8 Å². The molecule has 4 amide bonds. The molecule has 9 heteroatoms. The molecule has 9 nitrogen and oxygen atoms in total. The highest BCUT2D eigenvalue weighted by atomic mass is 16.3. The van der Waals surface area contributed by atoms with Crippen molar-refractivity contribution in [2.24, 2.45) is 5.92 Å². The molecule has 0 heterocycles. The van der Waals surface area contributed by atoms with Crippen LogP contribution in [0.3, 0.4) is 0 Å². The van der Waals surface area contributed by atoms with Gasteiger partial charge in [-0.25, -0.2) is 0 Å². The SMILES string of the molecule is CCCN(CC(=O)NC(CC(C)C)C(=O)NCC(=O)NC1(CO)CCC1)C(C)=O. The maximum absolute atomic E-state index is 12.5. The molecule has 0 saturated heterocycles. The molecule has 0 aromatic rings. The standard InChI is InChI=1S/C20H36N4O5/c1-5-9-24(15(4)26)12-18(28)22-16(10-14(2)3)19(29)21-11-17(27)23-20(13-25)7-6-8-20/h14,16,25H,5-13H2,1-4H3,(H,21,29)(H,22,28)(H,23,27). The number of aliphatic hydroxyl groups is 1. The molecule has 0 bridgehead atoms. The summed E-state index contributed by atoms with van der Waals surface area (Å²) in [6, 6.07) is -0.791. The average Bonchev–Trinajstić information content (AvgIpc) is 2.61. The summed E-state index contributed by atoms with van der Waals surface area (Å²) < 4.78 is 0. The molecular weight excluding hydrogens is 376 g/mol. The monoisotopic (exact) mass is 412 g/mol. The van der Waals surface area contributed by atoms with Crippen molar-refractivity contribution in [3.8, 4) is 0 Å². The third-order valence-electron chi connectivity index (χ3n) is 5.07. The first kappa shape index (κ1) is 24.9. The lowest BCUT2D eigenvalue weighted by Gasteiger charge is -2.41. The molecule has 1 fully saturated rings. The Morgan fingerprint density at radius 3 is 2.24 bits per heavy atom. The Morgan fingerprint density at radius 1 is 1.14 bits per heavy atom. The molecule has 1 aliphatic carbocycles. The summed E-state index contributed by atoms with van der Waals surface area (Å²) in [5.41, 5.74) is -0.567. The van der Waals surface area contributed by atoms with Crippen LogP contribution in [-0.2, 0) is 19.2 Å². The van der Waals surface area contributed by atoms with E-state index in [4.69, 9.17) is 0 Å². The van der Waals surface area contributed by atoms with Crippen LogP contribution in [0.15, 0.2) is 0 Å². The summed E-state index contributed by atoms with van der Waals surface area (Å²) in [5.74, 6) is -1.27. The summed E-state index contributed by atoms with van der Waals surface area (Å²) >= 11 is 0. The highest BCUT2D eigenvalue weighted by Gasteiger charge is 2.37. The van der Waals surface area contributed by atoms with Crippen LogP contribution >= 0.6 is 0 Å². The maximum atomic E-state index is 12.5. The quantitative estimate of drug-likeness (QED) is 0.357. The van der Waals surface area contributed by atoms with Gasteiger partial charge < -0.3 is 26.0 Å². The average molecular weight is 413 g/mol. The van der Waals surface area contributed by atoms with Crippen LogP contribution in [-0.4, -0.2) is 71.5 Å². The van der Waals surface area contributed by atoms with E-state index >= 15 is 0 Å². The van der Waals surface area contributed by atoms with Gasteiger partial charge in [0.25, 0.3) is 0 Å². The summed E-state index contributed by atoms with van der Waals surface area (Å²) in [4.78, 5) is 50.0. The van der Waals surface area contributed by atoms with Crippen molar-refractivity contribution >= 4 is 23.6 Å². The minimum atomic E-state index is -0.791. The minimum Gasteiger partial charge on any atom is -0.394 e. The predicted octanol–water partition coefficient (Wildman–Crippen LogP) is -0.0768. The van der Waals surface area contributed by atoms with Crippen LogP contribution in [0.25, 0.3) is 0 Å². The second kappa shape index (κ2) is 11.7. The third kappa shape index (κ3) is 8.39. The van der Waals surface area contributed by atoms with E-state index in [1.165, 1.54) is 11.8 Å². The van der Waals surface area contributed by atoms with E-state index in [1.807, 2.05) is 20.8 Å². The van der Waals surface area contributed by atoms with Gasteiger partial charge in [0.05, 0.1) is 25.2 Å². The molecule has 0 aromatic carbocycles. The van der Waals surface area contributed by atoms with Crippen LogP contribution in [0.5, 0.6) is 0 Å². The maximum Gasteiger partial charge on any atom is 0.243 e. The lowest BCUT2D eigenvalue weighted by atomic mass is 9.77. The molecule has 1 unspecified atom stereocenters. The molecule has 0 aromatic heterocycles. The molecule has 1 atom stereocenters. The molecule has 0 radical (unpaired) electrons.